The van der Waals surface area contributed by atoms with Crippen molar-refractivity contribution in [3.8, 4) is 5.69 Å². The summed E-state index contributed by atoms with van der Waals surface area (Å²) < 4.78 is 2.15. The van der Waals surface area contributed by atoms with E-state index in [1.54, 1.807) is 41.9 Å². The minimum atomic E-state index is -0.443. The van der Waals surface area contributed by atoms with Gasteiger partial charge in [-0.15, -0.1) is 5.10 Å². The van der Waals surface area contributed by atoms with Crippen LogP contribution in [0.1, 0.15) is 16.4 Å². The number of aryl methyl sites for hydroxylation is 1. The molecule has 0 saturated carbocycles. The molecular weight excluding hydrogens is 417 g/mol. The highest BCUT2D eigenvalue weighted by atomic mass is 79.9. The first-order valence-corrected chi connectivity index (χ1v) is 8.31. The van der Waals surface area contributed by atoms with E-state index in [1.807, 2.05) is 0 Å². The Balaban J connectivity index is 1.84. The number of benzene rings is 1. The summed E-state index contributed by atoms with van der Waals surface area (Å²) >= 11 is 15.0. The number of aromatic nitrogens is 4. The maximum absolute atomic E-state index is 12.3. The van der Waals surface area contributed by atoms with Crippen LogP contribution in [0.3, 0.4) is 0 Å². The second kappa shape index (κ2) is 6.88. The third-order valence-electron chi connectivity index (χ3n) is 3.10. The summed E-state index contributed by atoms with van der Waals surface area (Å²) in [7, 11) is 0. The molecule has 0 spiro atoms. The minimum absolute atomic E-state index is 0.0496. The van der Waals surface area contributed by atoms with Crippen molar-refractivity contribution in [1.29, 1.82) is 0 Å². The molecule has 24 heavy (non-hydrogen) atoms. The number of rotatable bonds is 3. The lowest BCUT2D eigenvalue weighted by Gasteiger charge is -2.03. The molecule has 0 unspecified atom stereocenters. The van der Waals surface area contributed by atoms with Crippen LogP contribution in [-0.2, 0) is 0 Å². The quantitative estimate of drug-likeness (QED) is 0.634. The Morgan fingerprint density at radius 3 is 2.62 bits per heavy atom. The van der Waals surface area contributed by atoms with Crippen molar-refractivity contribution in [1.82, 2.24) is 19.7 Å². The summed E-state index contributed by atoms with van der Waals surface area (Å²) in [5.74, 6) is 0.188. The van der Waals surface area contributed by atoms with Gasteiger partial charge in [0.05, 0.1) is 22.0 Å². The summed E-state index contributed by atoms with van der Waals surface area (Å²) in [6.07, 6.45) is 1.45. The van der Waals surface area contributed by atoms with Crippen LogP contribution in [0.4, 0.5) is 5.69 Å². The standard InChI is InChI=1S/C15H10BrCl2N5O/c1-8-20-14(22-23(8)11-4-2-9(17)3-5-11)15(24)21-10-6-12(16)13(18)19-7-10/h2-7H,1H3,(H,21,24). The van der Waals surface area contributed by atoms with Crippen LogP contribution in [0, 0.1) is 6.92 Å². The Kier molecular flexibility index (Phi) is 4.84. The third kappa shape index (κ3) is 3.58. The van der Waals surface area contributed by atoms with Crippen molar-refractivity contribution in [2.75, 3.05) is 5.32 Å². The molecule has 2 aromatic heterocycles. The van der Waals surface area contributed by atoms with Gasteiger partial charge in [0.2, 0.25) is 5.82 Å². The predicted molar refractivity (Wildman–Crippen MR) is 96.0 cm³/mol. The number of halogens is 3. The van der Waals surface area contributed by atoms with E-state index in [2.05, 4.69) is 36.3 Å². The molecule has 0 atom stereocenters. The Morgan fingerprint density at radius 2 is 1.96 bits per heavy atom. The molecule has 1 amide bonds. The van der Waals surface area contributed by atoms with E-state index in [4.69, 9.17) is 23.2 Å². The number of pyridine rings is 1. The van der Waals surface area contributed by atoms with Crippen LogP contribution in [-0.4, -0.2) is 25.7 Å². The summed E-state index contributed by atoms with van der Waals surface area (Å²) in [6.45, 7) is 1.76. The topological polar surface area (TPSA) is 72.7 Å². The van der Waals surface area contributed by atoms with Crippen LogP contribution >= 0.6 is 39.1 Å². The number of carbonyl (C=O) groups excluding carboxylic acids is 1. The van der Waals surface area contributed by atoms with E-state index in [9.17, 15) is 4.79 Å². The fraction of sp³-hybridized carbons (Fsp3) is 0.0667. The molecule has 0 radical (unpaired) electrons. The zero-order chi connectivity index (χ0) is 17.3. The van der Waals surface area contributed by atoms with Gasteiger partial charge in [-0.2, -0.15) is 0 Å². The fourth-order valence-electron chi connectivity index (χ4n) is 1.99. The molecule has 3 rings (SSSR count). The highest BCUT2D eigenvalue weighted by Crippen LogP contribution is 2.23. The average Bonchev–Trinajstić information content (AvgIpc) is 2.94. The van der Waals surface area contributed by atoms with Gasteiger partial charge >= 0.3 is 0 Å². The molecule has 1 aromatic carbocycles. The van der Waals surface area contributed by atoms with Gasteiger partial charge in [0.15, 0.2) is 0 Å². The maximum Gasteiger partial charge on any atom is 0.295 e. The van der Waals surface area contributed by atoms with Gasteiger partial charge in [0.25, 0.3) is 5.91 Å². The van der Waals surface area contributed by atoms with Gasteiger partial charge in [-0.05, 0) is 53.2 Å². The van der Waals surface area contributed by atoms with E-state index in [0.717, 1.165) is 5.69 Å². The van der Waals surface area contributed by atoms with Crippen molar-refractivity contribution < 1.29 is 4.79 Å². The Hall–Kier alpha value is -1.96. The zero-order valence-corrected chi connectivity index (χ0v) is 15.4. The second-order valence-electron chi connectivity index (χ2n) is 4.82. The third-order valence-corrected chi connectivity index (χ3v) is 4.48. The van der Waals surface area contributed by atoms with Crippen molar-refractivity contribution in [3.63, 3.8) is 0 Å². The number of nitrogens with one attached hydrogen (secondary N) is 1. The molecule has 0 saturated heterocycles. The number of carbonyl (C=O) groups is 1. The van der Waals surface area contributed by atoms with Crippen LogP contribution in [0.5, 0.6) is 0 Å². The number of hydrogen-bond acceptors (Lipinski definition) is 4. The average molecular weight is 427 g/mol. The largest absolute Gasteiger partial charge is 0.318 e. The normalized spacial score (nSPS) is 10.7. The highest BCUT2D eigenvalue weighted by molar-refractivity contribution is 9.10. The number of amides is 1. The lowest BCUT2D eigenvalue weighted by atomic mass is 10.3. The summed E-state index contributed by atoms with van der Waals surface area (Å²) in [4.78, 5) is 20.5. The molecule has 1 N–H and O–H groups in total. The summed E-state index contributed by atoms with van der Waals surface area (Å²) in [5, 5.41) is 7.85. The van der Waals surface area contributed by atoms with Crippen LogP contribution in [0.15, 0.2) is 41.0 Å². The van der Waals surface area contributed by atoms with E-state index in [1.165, 1.54) is 6.20 Å². The lowest BCUT2D eigenvalue weighted by molar-refractivity contribution is 0.101. The highest BCUT2D eigenvalue weighted by Gasteiger charge is 2.16. The SMILES string of the molecule is Cc1nc(C(=O)Nc2cnc(Cl)c(Br)c2)nn1-c1ccc(Cl)cc1. The fourth-order valence-corrected chi connectivity index (χ4v) is 2.57. The van der Waals surface area contributed by atoms with Crippen molar-refractivity contribution in [3.05, 3.63) is 62.8 Å². The number of anilines is 1. The second-order valence-corrected chi connectivity index (χ2v) is 6.47. The van der Waals surface area contributed by atoms with Gasteiger partial charge in [-0.1, -0.05) is 23.2 Å². The Labute approximate surface area is 156 Å². The predicted octanol–water partition coefficient (Wildman–Crippen LogP) is 4.29. The molecule has 0 aliphatic heterocycles. The number of hydrogen-bond donors (Lipinski definition) is 1. The van der Waals surface area contributed by atoms with Gasteiger partial charge in [-0.25, -0.2) is 14.6 Å². The monoisotopic (exact) mass is 425 g/mol. The summed E-state index contributed by atoms with van der Waals surface area (Å²) in [6, 6.07) is 8.73. The van der Waals surface area contributed by atoms with Gasteiger partial charge in [-0.3, -0.25) is 4.79 Å². The molecule has 3 aromatic rings. The van der Waals surface area contributed by atoms with Crippen LogP contribution in [0.2, 0.25) is 10.2 Å². The first-order chi connectivity index (χ1) is 11.4. The molecule has 122 valence electrons. The molecule has 0 bridgehead atoms. The minimum Gasteiger partial charge on any atom is -0.318 e. The summed E-state index contributed by atoms with van der Waals surface area (Å²) in [5.41, 5.74) is 1.25. The van der Waals surface area contributed by atoms with E-state index < -0.39 is 5.91 Å². The molecule has 0 aliphatic rings. The first-order valence-electron chi connectivity index (χ1n) is 6.76. The maximum atomic E-state index is 12.3. The molecule has 2 heterocycles. The van der Waals surface area contributed by atoms with Crippen molar-refractivity contribution in [2.24, 2.45) is 0 Å². The van der Waals surface area contributed by atoms with E-state index >= 15 is 0 Å². The van der Waals surface area contributed by atoms with Crippen LogP contribution in [0.25, 0.3) is 5.69 Å². The van der Waals surface area contributed by atoms with E-state index in [-0.39, 0.29) is 5.82 Å². The van der Waals surface area contributed by atoms with Gasteiger partial charge in [0, 0.05) is 5.02 Å². The first kappa shape index (κ1) is 16.9. The zero-order valence-electron chi connectivity index (χ0n) is 12.3. The molecule has 9 heteroatoms. The lowest BCUT2D eigenvalue weighted by Crippen LogP contribution is -2.14. The Bertz CT molecular complexity index is 911. The smallest absolute Gasteiger partial charge is 0.295 e. The molecule has 6 nitrogen and oxygen atoms in total. The Morgan fingerprint density at radius 1 is 1.25 bits per heavy atom. The van der Waals surface area contributed by atoms with Gasteiger partial charge in [0.1, 0.15) is 11.0 Å². The molecule has 0 aliphatic carbocycles. The molecular formula is C15H10BrCl2N5O. The van der Waals surface area contributed by atoms with Crippen LogP contribution < -0.4 is 5.32 Å². The van der Waals surface area contributed by atoms with Crippen molar-refractivity contribution >= 4 is 50.7 Å². The van der Waals surface area contributed by atoms with Crippen molar-refractivity contribution in [2.45, 2.75) is 6.92 Å². The van der Waals surface area contributed by atoms with Gasteiger partial charge < -0.3 is 5.32 Å². The number of nitrogens with zero attached hydrogens (tertiary/aromatic N) is 4. The molecule has 0 fully saturated rings. The van der Waals surface area contributed by atoms with E-state index in [0.29, 0.717) is 26.2 Å².